The first kappa shape index (κ1) is 12.3. The van der Waals surface area contributed by atoms with Gasteiger partial charge in [0.2, 0.25) is 0 Å². The third-order valence-electron chi connectivity index (χ3n) is 2.05. The van der Waals surface area contributed by atoms with Crippen molar-refractivity contribution in [2.24, 2.45) is 0 Å². The van der Waals surface area contributed by atoms with Crippen molar-refractivity contribution in [3.63, 3.8) is 0 Å². The molecule has 0 saturated heterocycles. The molecule has 0 bridgehead atoms. The maximum absolute atomic E-state index is 10.9. The number of allylic oxidation sites excluding steroid dienone is 5. The summed E-state index contributed by atoms with van der Waals surface area (Å²) in [6, 6.07) is 0. The Hall–Kier alpha value is -2.21. The molecule has 0 unspecified atom stereocenters. The van der Waals surface area contributed by atoms with Gasteiger partial charge in [-0.2, -0.15) is 0 Å². The Kier molecular flexibility index (Phi) is 3.69. The van der Waals surface area contributed by atoms with Crippen molar-refractivity contribution in [1.82, 2.24) is 15.2 Å². The molecule has 1 N–H and O–H groups in total. The predicted octanol–water partition coefficient (Wildman–Crippen LogP) is 2.63. The van der Waals surface area contributed by atoms with Crippen LogP contribution in [0.1, 0.15) is 11.9 Å². The first-order valence-electron chi connectivity index (χ1n) is 5.21. The Bertz CT molecular complexity index is 661. The van der Waals surface area contributed by atoms with Crippen molar-refractivity contribution in [2.75, 3.05) is 0 Å². The Morgan fingerprint density at radius 1 is 1.61 bits per heavy atom. The van der Waals surface area contributed by atoms with E-state index in [4.69, 9.17) is 4.42 Å². The lowest BCUT2D eigenvalue weighted by molar-refractivity contribution is 0.525. The monoisotopic (exact) mass is 261 g/mol. The molecule has 0 aliphatic carbocycles. The fourth-order valence-corrected chi connectivity index (χ4v) is 2.15. The average Bonchev–Trinajstić information content (AvgIpc) is 2.97. The number of H-pyrrole nitrogens is 1. The molecule has 0 fully saturated rings. The summed E-state index contributed by atoms with van der Waals surface area (Å²) in [5.74, 6) is -0.393. The van der Waals surface area contributed by atoms with Crippen molar-refractivity contribution in [3.05, 3.63) is 51.8 Å². The largest absolute Gasteiger partial charge is 0.434 e. The van der Waals surface area contributed by atoms with Crippen LogP contribution in [-0.4, -0.2) is 15.2 Å². The first-order valence-corrected chi connectivity index (χ1v) is 6.09. The van der Waals surface area contributed by atoms with Crippen LogP contribution >= 0.6 is 11.3 Å². The molecule has 2 rings (SSSR count). The van der Waals surface area contributed by atoms with Crippen molar-refractivity contribution < 1.29 is 4.42 Å². The highest BCUT2D eigenvalue weighted by molar-refractivity contribution is 7.11. The molecule has 92 valence electrons. The maximum atomic E-state index is 10.9. The molecule has 0 radical (unpaired) electrons. The number of hydrogen-bond acceptors (Lipinski definition) is 5. The highest BCUT2D eigenvalue weighted by Crippen LogP contribution is 2.25. The average molecular weight is 261 g/mol. The van der Waals surface area contributed by atoms with E-state index in [1.54, 1.807) is 11.5 Å². The zero-order chi connectivity index (χ0) is 13.0. The van der Waals surface area contributed by atoms with Gasteiger partial charge in [-0.3, -0.25) is 0 Å². The Morgan fingerprint density at radius 2 is 2.44 bits per heavy atom. The van der Waals surface area contributed by atoms with E-state index in [9.17, 15) is 4.79 Å². The molecule has 5 nitrogen and oxygen atoms in total. The molecule has 0 saturated carbocycles. The number of nitrogens with one attached hydrogen (secondary N) is 1. The quantitative estimate of drug-likeness (QED) is 0.859. The lowest BCUT2D eigenvalue weighted by atomic mass is 10.2. The topological polar surface area (TPSA) is 71.8 Å². The summed E-state index contributed by atoms with van der Waals surface area (Å²) >= 11 is 1.45. The number of aromatic amines is 1. The van der Waals surface area contributed by atoms with Crippen LogP contribution in [0.5, 0.6) is 0 Å². The second kappa shape index (κ2) is 5.42. The fraction of sp³-hybridized carbons (Fsp3) is 0.0833. The highest BCUT2D eigenvalue weighted by atomic mass is 32.1. The normalized spacial score (nSPS) is 12.2. The molecule has 0 aliphatic heterocycles. The molecule has 0 amide bonds. The Balaban J connectivity index is 2.38. The molecule has 2 heterocycles. The van der Waals surface area contributed by atoms with E-state index in [0.717, 1.165) is 10.6 Å². The van der Waals surface area contributed by atoms with Gasteiger partial charge in [-0.15, -0.1) is 16.4 Å². The van der Waals surface area contributed by atoms with Crippen molar-refractivity contribution >= 4 is 16.9 Å². The van der Waals surface area contributed by atoms with E-state index in [1.165, 1.54) is 11.3 Å². The third-order valence-corrected chi connectivity index (χ3v) is 2.94. The van der Waals surface area contributed by atoms with E-state index in [0.29, 0.717) is 5.69 Å². The molecule has 2 aromatic rings. The van der Waals surface area contributed by atoms with E-state index in [2.05, 4.69) is 21.8 Å². The summed E-state index contributed by atoms with van der Waals surface area (Å²) in [5, 5.41) is 8.54. The van der Waals surface area contributed by atoms with Gasteiger partial charge in [0, 0.05) is 11.0 Å². The predicted molar refractivity (Wildman–Crippen MR) is 71.2 cm³/mol. The molecule has 0 atom stereocenters. The molecule has 0 aliphatic rings. The van der Waals surface area contributed by atoms with Gasteiger partial charge in [0.25, 0.3) is 5.89 Å². The van der Waals surface area contributed by atoms with Crippen LogP contribution in [0.3, 0.4) is 0 Å². The van der Waals surface area contributed by atoms with E-state index in [1.807, 2.05) is 25.2 Å². The zero-order valence-electron chi connectivity index (χ0n) is 9.71. The molecular formula is C12H11N3O2S. The van der Waals surface area contributed by atoms with Crippen LogP contribution in [0.2, 0.25) is 0 Å². The van der Waals surface area contributed by atoms with Crippen LogP contribution in [0.4, 0.5) is 0 Å². The van der Waals surface area contributed by atoms with E-state index in [-0.39, 0.29) is 5.89 Å². The number of thiazole rings is 1. The highest BCUT2D eigenvalue weighted by Gasteiger charge is 2.11. The minimum absolute atomic E-state index is 0.195. The summed E-state index contributed by atoms with van der Waals surface area (Å²) in [4.78, 5) is 15.2. The number of nitrogens with zero attached hydrogens (tertiary/aromatic N) is 2. The number of rotatable bonds is 4. The van der Waals surface area contributed by atoms with Crippen LogP contribution in [0.15, 0.2) is 45.5 Å². The summed E-state index contributed by atoms with van der Waals surface area (Å²) in [5.41, 5.74) is 1.48. The van der Waals surface area contributed by atoms with Gasteiger partial charge in [-0.25, -0.2) is 14.9 Å². The third kappa shape index (κ3) is 2.54. The molecule has 18 heavy (non-hydrogen) atoms. The van der Waals surface area contributed by atoms with Crippen LogP contribution in [0.25, 0.3) is 17.2 Å². The van der Waals surface area contributed by atoms with Gasteiger partial charge in [0.1, 0.15) is 10.7 Å². The van der Waals surface area contributed by atoms with Crippen LogP contribution in [0, 0.1) is 0 Å². The lowest BCUT2D eigenvalue weighted by Gasteiger charge is -1.94. The minimum Gasteiger partial charge on any atom is -0.386 e. The van der Waals surface area contributed by atoms with Gasteiger partial charge >= 0.3 is 5.76 Å². The molecule has 0 spiro atoms. The lowest BCUT2D eigenvalue weighted by Crippen LogP contribution is -1.93. The van der Waals surface area contributed by atoms with Crippen LogP contribution < -0.4 is 5.76 Å². The Morgan fingerprint density at radius 3 is 3.06 bits per heavy atom. The second-order valence-corrected chi connectivity index (χ2v) is 4.17. The SMILES string of the molecule is C=C/C=C(\C=C/C)c1nc(-c2n[nH]c(=O)o2)cs1. The molecule has 2 aromatic heterocycles. The summed E-state index contributed by atoms with van der Waals surface area (Å²) in [6.07, 6.45) is 7.42. The summed E-state index contributed by atoms with van der Waals surface area (Å²) in [6.45, 7) is 5.59. The zero-order valence-corrected chi connectivity index (χ0v) is 10.5. The molecular weight excluding hydrogens is 250 g/mol. The summed E-state index contributed by atoms with van der Waals surface area (Å²) in [7, 11) is 0. The minimum atomic E-state index is -0.588. The van der Waals surface area contributed by atoms with E-state index < -0.39 is 5.76 Å². The van der Waals surface area contributed by atoms with Gasteiger partial charge < -0.3 is 4.42 Å². The summed E-state index contributed by atoms with van der Waals surface area (Å²) < 4.78 is 4.85. The van der Waals surface area contributed by atoms with Gasteiger partial charge in [-0.1, -0.05) is 30.9 Å². The number of aromatic nitrogens is 3. The standard InChI is InChI=1S/C12H11N3O2S/c1-3-5-8(6-4-2)11-13-9(7-18-11)10-14-15-12(16)17-10/h3-7H,1H2,2H3,(H,15,16)/b6-4-,8-5+. The van der Waals surface area contributed by atoms with Crippen molar-refractivity contribution in [3.8, 4) is 11.6 Å². The Labute approximate surface area is 107 Å². The fourth-order valence-electron chi connectivity index (χ4n) is 1.35. The molecule has 6 heteroatoms. The van der Waals surface area contributed by atoms with Gasteiger partial charge in [0.15, 0.2) is 0 Å². The number of hydrogen-bond donors (Lipinski definition) is 1. The molecule has 0 aromatic carbocycles. The maximum Gasteiger partial charge on any atom is 0.434 e. The second-order valence-electron chi connectivity index (χ2n) is 3.31. The van der Waals surface area contributed by atoms with Gasteiger partial charge in [0.05, 0.1) is 0 Å². The smallest absolute Gasteiger partial charge is 0.386 e. The van der Waals surface area contributed by atoms with Gasteiger partial charge in [-0.05, 0) is 6.92 Å². The van der Waals surface area contributed by atoms with Crippen LogP contribution in [-0.2, 0) is 0 Å². The first-order chi connectivity index (χ1) is 8.74. The van der Waals surface area contributed by atoms with Crippen molar-refractivity contribution in [2.45, 2.75) is 6.92 Å². The van der Waals surface area contributed by atoms with E-state index >= 15 is 0 Å². The van der Waals surface area contributed by atoms with Crippen molar-refractivity contribution in [1.29, 1.82) is 0 Å².